The Bertz CT molecular complexity index is 357. The van der Waals surface area contributed by atoms with Crippen LogP contribution in [-0.4, -0.2) is 11.2 Å². The number of thiol groups is 1. The van der Waals surface area contributed by atoms with Crippen LogP contribution in [0.4, 0.5) is 0 Å². The summed E-state index contributed by atoms with van der Waals surface area (Å²) in [6.07, 6.45) is 0. The van der Waals surface area contributed by atoms with Gasteiger partial charge in [-0.25, -0.2) is 0 Å². The van der Waals surface area contributed by atoms with E-state index in [0.717, 1.165) is 17.1 Å². The summed E-state index contributed by atoms with van der Waals surface area (Å²) in [4.78, 5) is 11.4. The zero-order valence-corrected chi connectivity index (χ0v) is 10.4. The van der Waals surface area contributed by atoms with E-state index in [1.165, 1.54) is 0 Å². The van der Waals surface area contributed by atoms with Gasteiger partial charge in [-0.1, -0.05) is 0 Å². The van der Waals surface area contributed by atoms with E-state index in [0.29, 0.717) is 0 Å². The molecule has 3 nitrogen and oxygen atoms in total. The summed E-state index contributed by atoms with van der Waals surface area (Å²) >= 11 is 4.08. The van der Waals surface area contributed by atoms with E-state index in [1.54, 1.807) is 6.92 Å². The van der Waals surface area contributed by atoms with Crippen molar-refractivity contribution in [3.63, 3.8) is 0 Å². The molecule has 0 fully saturated rings. The molecule has 1 N–H and O–H groups in total. The molecule has 2 unspecified atom stereocenters. The van der Waals surface area contributed by atoms with Gasteiger partial charge in [0, 0.05) is 5.56 Å². The zero-order valence-electron chi connectivity index (χ0n) is 9.50. The minimum Gasteiger partial charge on any atom is -0.466 e. The van der Waals surface area contributed by atoms with Crippen LogP contribution in [0.2, 0.25) is 0 Å². The maximum atomic E-state index is 11.4. The molecule has 0 aromatic carbocycles. The minimum absolute atomic E-state index is 0.0375. The molecule has 1 aromatic rings. The van der Waals surface area contributed by atoms with Crippen LogP contribution in [0.25, 0.3) is 0 Å². The second kappa shape index (κ2) is 4.75. The highest BCUT2D eigenvalue weighted by atomic mass is 32.1. The Morgan fingerprint density at radius 2 is 2.07 bits per heavy atom. The molecule has 0 saturated carbocycles. The third-order valence-electron chi connectivity index (χ3n) is 2.28. The van der Waals surface area contributed by atoms with Crippen molar-refractivity contribution in [2.75, 3.05) is 0 Å². The lowest BCUT2D eigenvalue weighted by atomic mass is 10.1. The summed E-state index contributed by atoms with van der Waals surface area (Å²) in [5.74, 6) is 1.65. The van der Waals surface area contributed by atoms with Crippen molar-refractivity contribution in [1.29, 1.82) is 0 Å². The van der Waals surface area contributed by atoms with E-state index in [1.807, 2.05) is 26.8 Å². The molecule has 15 heavy (non-hydrogen) atoms. The quantitative estimate of drug-likeness (QED) is 0.779. The van der Waals surface area contributed by atoms with Gasteiger partial charge < -0.3 is 9.73 Å². The molecule has 2 atom stereocenters. The van der Waals surface area contributed by atoms with Gasteiger partial charge >= 0.3 is 0 Å². The molecule has 4 heteroatoms. The second-order valence-corrected chi connectivity index (χ2v) is 4.55. The lowest BCUT2D eigenvalue weighted by molar-refractivity contribution is -0.120. The van der Waals surface area contributed by atoms with E-state index in [2.05, 4.69) is 17.9 Å². The van der Waals surface area contributed by atoms with Crippen molar-refractivity contribution in [3.8, 4) is 0 Å². The molecule has 0 radical (unpaired) electrons. The monoisotopic (exact) mass is 227 g/mol. The van der Waals surface area contributed by atoms with Crippen LogP contribution >= 0.6 is 12.6 Å². The molecule has 0 aliphatic heterocycles. The molecule has 1 rings (SSSR count). The van der Waals surface area contributed by atoms with Crippen LogP contribution in [-0.2, 0) is 4.79 Å². The van der Waals surface area contributed by atoms with Crippen LogP contribution in [0.3, 0.4) is 0 Å². The zero-order chi connectivity index (χ0) is 11.6. The average molecular weight is 227 g/mol. The summed E-state index contributed by atoms with van der Waals surface area (Å²) in [7, 11) is 0. The van der Waals surface area contributed by atoms with Gasteiger partial charge in [0.2, 0.25) is 5.91 Å². The van der Waals surface area contributed by atoms with Crippen LogP contribution in [0, 0.1) is 13.8 Å². The Morgan fingerprint density at radius 3 is 2.47 bits per heavy atom. The number of aryl methyl sites for hydroxylation is 2. The van der Waals surface area contributed by atoms with Crippen molar-refractivity contribution >= 4 is 18.5 Å². The molecule has 0 spiro atoms. The first kappa shape index (κ1) is 12.2. The highest BCUT2D eigenvalue weighted by molar-refractivity contribution is 7.81. The number of carbonyl (C=O) groups is 1. The van der Waals surface area contributed by atoms with Crippen LogP contribution in [0.15, 0.2) is 10.5 Å². The number of amides is 1. The van der Waals surface area contributed by atoms with Gasteiger partial charge in [0.05, 0.1) is 11.3 Å². The smallest absolute Gasteiger partial charge is 0.233 e. The maximum Gasteiger partial charge on any atom is 0.233 e. The fourth-order valence-electron chi connectivity index (χ4n) is 1.49. The summed E-state index contributed by atoms with van der Waals surface area (Å²) in [5, 5.41) is 2.58. The largest absolute Gasteiger partial charge is 0.466 e. The van der Waals surface area contributed by atoms with Gasteiger partial charge in [-0.15, -0.1) is 0 Å². The highest BCUT2D eigenvalue weighted by Gasteiger charge is 2.16. The lowest BCUT2D eigenvalue weighted by Gasteiger charge is -2.14. The predicted molar refractivity (Wildman–Crippen MR) is 63.2 cm³/mol. The fourth-order valence-corrected chi connectivity index (χ4v) is 1.57. The van der Waals surface area contributed by atoms with E-state index in [4.69, 9.17) is 4.42 Å². The third kappa shape index (κ3) is 3.02. The third-order valence-corrected chi connectivity index (χ3v) is 2.52. The van der Waals surface area contributed by atoms with Gasteiger partial charge in [0.15, 0.2) is 0 Å². The van der Waals surface area contributed by atoms with Crippen molar-refractivity contribution < 1.29 is 9.21 Å². The normalized spacial score (nSPS) is 14.7. The molecule has 0 saturated heterocycles. The Hall–Kier alpha value is -0.900. The molecule has 1 heterocycles. The molecule has 0 aliphatic rings. The average Bonchev–Trinajstić information content (AvgIpc) is 2.44. The Morgan fingerprint density at radius 1 is 1.47 bits per heavy atom. The van der Waals surface area contributed by atoms with Crippen LogP contribution < -0.4 is 5.32 Å². The molecule has 0 bridgehead atoms. The summed E-state index contributed by atoms with van der Waals surface area (Å²) in [5.41, 5.74) is 1.02. The van der Waals surface area contributed by atoms with E-state index in [-0.39, 0.29) is 17.2 Å². The molecular weight excluding hydrogens is 210 g/mol. The van der Waals surface area contributed by atoms with Crippen molar-refractivity contribution in [2.45, 2.75) is 39.0 Å². The van der Waals surface area contributed by atoms with E-state index < -0.39 is 0 Å². The molecule has 1 amide bonds. The number of nitrogens with one attached hydrogen (secondary N) is 1. The summed E-state index contributed by atoms with van der Waals surface area (Å²) in [6.45, 7) is 7.48. The topological polar surface area (TPSA) is 42.2 Å². The first-order valence-electron chi connectivity index (χ1n) is 4.97. The van der Waals surface area contributed by atoms with Gasteiger partial charge in [0.1, 0.15) is 11.5 Å². The first-order valence-corrected chi connectivity index (χ1v) is 5.49. The Kier molecular flexibility index (Phi) is 3.85. The summed E-state index contributed by atoms with van der Waals surface area (Å²) < 4.78 is 5.41. The van der Waals surface area contributed by atoms with Gasteiger partial charge in [-0.05, 0) is 33.8 Å². The number of furan rings is 1. The maximum absolute atomic E-state index is 11.4. The van der Waals surface area contributed by atoms with Gasteiger partial charge in [-0.2, -0.15) is 12.6 Å². The van der Waals surface area contributed by atoms with Crippen LogP contribution in [0.5, 0.6) is 0 Å². The molecule has 1 aromatic heterocycles. The highest BCUT2D eigenvalue weighted by Crippen LogP contribution is 2.21. The van der Waals surface area contributed by atoms with E-state index >= 15 is 0 Å². The number of hydrogen-bond acceptors (Lipinski definition) is 3. The van der Waals surface area contributed by atoms with Crippen molar-refractivity contribution in [2.24, 2.45) is 0 Å². The van der Waals surface area contributed by atoms with Crippen molar-refractivity contribution in [3.05, 3.63) is 23.2 Å². The Balaban J connectivity index is 2.73. The van der Waals surface area contributed by atoms with Gasteiger partial charge in [0.25, 0.3) is 0 Å². The lowest BCUT2D eigenvalue weighted by Crippen LogP contribution is -2.32. The number of hydrogen-bond donors (Lipinski definition) is 2. The number of rotatable bonds is 3. The fraction of sp³-hybridized carbons (Fsp3) is 0.545. The van der Waals surface area contributed by atoms with E-state index in [9.17, 15) is 4.79 Å². The van der Waals surface area contributed by atoms with Gasteiger partial charge in [-0.3, -0.25) is 4.79 Å². The number of carbonyl (C=O) groups excluding carboxylic acids is 1. The second-order valence-electron chi connectivity index (χ2n) is 3.77. The summed E-state index contributed by atoms with van der Waals surface area (Å²) in [6, 6.07) is 1.91. The predicted octanol–water partition coefficient (Wildman–Crippen LogP) is 2.39. The van der Waals surface area contributed by atoms with Crippen molar-refractivity contribution in [1.82, 2.24) is 5.32 Å². The molecular formula is C11H17NO2S. The Labute approximate surface area is 95.6 Å². The standard InChI is InChI=1S/C11H17NO2S/c1-6-5-10(8(3)14-6)7(2)12-11(13)9(4)15/h5,7,9,15H,1-4H3,(H,12,13). The minimum atomic E-state index is -0.291. The molecule has 0 aliphatic carbocycles. The molecule has 84 valence electrons. The first-order chi connectivity index (χ1) is 6.91. The van der Waals surface area contributed by atoms with Crippen LogP contribution in [0.1, 0.15) is 37.0 Å². The SMILES string of the molecule is Cc1cc(C(C)NC(=O)C(C)S)c(C)o1.